The molecule has 1 aromatic carbocycles. The van der Waals surface area contributed by atoms with Crippen LogP contribution in [-0.4, -0.2) is 21.6 Å². The number of ether oxygens (including phenoxy) is 1. The van der Waals surface area contributed by atoms with Gasteiger partial charge in [-0.05, 0) is 12.1 Å². The van der Waals surface area contributed by atoms with Crippen LogP contribution >= 0.6 is 0 Å². The summed E-state index contributed by atoms with van der Waals surface area (Å²) in [7, 11) is 0. The lowest BCUT2D eigenvalue weighted by Gasteiger charge is -2.06. The zero-order chi connectivity index (χ0) is 11.9. The lowest BCUT2D eigenvalue weighted by molar-refractivity contribution is 0.297. The van der Waals surface area contributed by atoms with Crippen molar-refractivity contribution in [2.24, 2.45) is 5.73 Å². The van der Waals surface area contributed by atoms with E-state index in [-0.39, 0.29) is 0 Å². The van der Waals surface area contributed by atoms with E-state index in [9.17, 15) is 0 Å². The topological polar surface area (TPSA) is 66.0 Å². The third kappa shape index (κ3) is 3.29. The Kier molecular flexibility index (Phi) is 4.10. The molecule has 17 heavy (non-hydrogen) atoms. The highest BCUT2D eigenvalue weighted by molar-refractivity contribution is 5.20. The predicted octanol–water partition coefficient (Wildman–Crippen LogP) is 1.21. The maximum absolute atomic E-state index is 5.59. The summed E-state index contributed by atoms with van der Waals surface area (Å²) in [6, 6.07) is 9.77. The summed E-state index contributed by atoms with van der Waals surface area (Å²) in [4.78, 5) is 0. The molecule has 0 amide bonds. The molecule has 5 nitrogen and oxygen atoms in total. The summed E-state index contributed by atoms with van der Waals surface area (Å²) in [5.74, 6) is 0.894. The highest BCUT2D eigenvalue weighted by Crippen LogP contribution is 2.08. The number of hydrogen-bond donors (Lipinski definition) is 1. The van der Waals surface area contributed by atoms with E-state index in [0.29, 0.717) is 13.2 Å². The molecular weight excluding hydrogens is 216 g/mol. The molecule has 5 heteroatoms. The largest absolute Gasteiger partial charge is 0.494 e. The molecule has 0 unspecified atom stereocenters. The molecular formula is C12H16N4O. The maximum atomic E-state index is 5.59. The van der Waals surface area contributed by atoms with Crippen molar-refractivity contribution in [2.45, 2.75) is 19.5 Å². The second kappa shape index (κ2) is 6.00. The fourth-order valence-corrected chi connectivity index (χ4v) is 1.55. The second-order valence-electron chi connectivity index (χ2n) is 3.67. The molecule has 0 saturated heterocycles. The average Bonchev–Trinajstić information content (AvgIpc) is 2.83. The van der Waals surface area contributed by atoms with Gasteiger partial charge in [0.2, 0.25) is 0 Å². The normalized spacial score (nSPS) is 10.4. The van der Waals surface area contributed by atoms with Gasteiger partial charge in [-0.15, -0.1) is 5.10 Å². The van der Waals surface area contributed by atoms with Crippen LogP contribution in [0.15, 0.2) is 36.5 Å². The predicted molar refractivity (Wildman–Crippen MR) is 64.5 cm³/mol. The standard InChI is InChI=1S/C12H16N4O/c13-9-11-10-14-15-16(11)7-4-8-17-12-5-2-1-3-6-12/h1-3,5-6,10H,4,7-9,13H2. The molecule has 0 aliphatic carbocycles. The Morgan fingerprint density at radius 2 is 2.06 bits per heavy atom. The molecule has 0 saturated carbocycles. The molecule has 2 N–H and O–H groups in total. The molecule has 2 aromatic rings. The molecule has 0 radical (unpaired) electrons. The molecule has 0 spiro atoms. The Morgan fingerprint density at radius 1 is 1.24 bits per heavy atom. The monoisotopic (exact) mass is 232 g/mol. The fourth-order valence-electron chi connectivity index (χ4n) is 1.55. The van der Waals surface area contributed by atoms with Crippen molar-refractivity contribution in [3.8, 4) is 5.75 Å². The molecule has 0 aliphatic heterocycles. The zero-order valence-electron chi connectivity index (χ0n) is 9.62. The van der Waals surface area contributed by atoms with Crippen molar-refractivity contribution in [3.63, 3.8) is 0 Å². The Hall–Kier alpha value is -1.88. The van der Waals surface area contributed by atoms with Gasteiger partial charge in [-0.1, -0.05) is 23.4 Å². The number of benzene rings is 1. The quantitative estimate of drug-likeness (QED) is 0.760. The third-order valence-electron chi connectivity index (χ3n) is 2.43. The van der Waals surface area contributed by atoms with Crippen molar-refractivity contribution in [1.29, 1.82) is 0 Å². The van der Waals surface area contributed by atoms with Crippen LogP contribution in [-0.2, 0) is 13.1 Å². The lowest BCUT2D eigenvalue weighted by atomic mass is 10.3. The molecule has 0 fully saturated rings. The van der Waals surface area contributed by atoms with Crippen LogP contribution < -0.4 is 10.5 Å². The van der Waals surface area contributed by atoms with Crippen LogP contribution in [0.2, 0.25) is 0 Å². The van der Waals surface area contributed by atoms with Crippen molar-refractivity contribution in [1.82, 2.24) is 15.0 Å². The lowest BCUT2D eigenvalue weighted by Crippen LogP contribution is -2.11. The van der Waals surface area contributed by atoms with E-state index in [2.05, 4.69) is 10.3 Å². The van der Waals surface area contributed by atoms with Gasteiger partial charge in [-0.3, -0.25) is 0 Å². The van der Waals surface area contributed by atoms with Crippen molar-refractivity contribution in [2.75, 3.05) is 6.61 Å². The first-order valence-corrected chi connectivity index (χ1v) is 5.65. The van der Waals surface area contributed by atoms with E-state index in [1.54, 1.807) is 6.20 Å². The van der Waals surface area contributed by atoms with Gasteiger partial charge >= 0.3 is 0 Å². The number of hydrogen-bond acceptors (Lipinski definition) is 4. The molecule has 0 aliphatic rings. The molecule has 1 heterocycles. The summed E-state index contributed by atoms with van der Waals surface area (Å²) in [5, 5.41) is 7.78. The van der Waals surface area contributed by atoms with Crippen LogP contribution in [0.25, 0.3) is 0 Å². The Labute approximate surface area is 100 Å². The number of nitrogens with zero attached hydrogens (tertiary/aromatic N) is 3. The van der Waals surface area contributed by atoms with E-state index in [1.807, 2.05) is 35.0 Å². The maximum Gasteiger partial charge on any atom is 0.119 e. The number of rotatable bonds is 6. The average molecular weight is 232 g/mol. The molecule has 2 rings (SSSR count). The van der Waals surface area contributed by atoms with Crippen LogP contribution in [0.4, 0.5) is 0 Å². The molecule has 0 atom stereocenters. The van der Waals surface area contributed by atoms with E-state index >= 15 is 0 Å². The first kappa shape index (κ1) is 11.6. The van der Waals surface area contributed by atoms with Gasteiger partial charge in [0, 0.05) is 19.5 Å². The smallest absolute Gasteiger partial charge is 0.119 e. The minimum Gasteiger partial charge on any atom is -0.494 e. The van der Waals surface area contributed by atoms with Gasteiger partial charge in [-0.25, -0.2) is 4.68 Å². The minimum atomic E-state index is 0.465. The van der Waals surface area contributed by atoms with Crippen molar-refractivity contribution < 1.29 is 4.74 Å². The summed E-state index contributed by atoms with van der Waals surface area (Å²) >= 11 is 0. The van der Waals surface area contributed by atoms with E-state index in [4.69, 9.17) is 10.5 Å². The first-order valence-electron chi connectivity index (χ1n) is 5.65. The van der Waals surface area contributed by atoms with Crippen LogP contribution in [0.5, 0.6) is 5.75 Å². The Morgan fingerprint density at radius 3 is 2.82 bits per heavy atom. The van der Waals surface area contributed by atoms with Gasteiger partial charge < -0.3 is 10.5 Å². The number of aromatic nitrogens is 3. The molecule has 1 aromatic heterocycles. The van der Waals surface area contributed by atoms with Gasteiger partial charge in [0.15, 0.2) is 0 Å². The van der Waals surface area contributed by atoms with Crippen molar-refractivity contribution >= 4 is 0 Å². The Balaban J connectivity index is 1.73. The van der Waals surface area contributed by atoms with Gasteiger partial charge in [0.25, 0.3) is 0 Å². The van der Waals surface area contributed by atoms with Gasteiger partial charge in [-0.2, -0.15) is 0 Å². The van der Waals surface area contributed by atoms with Gasteiger partial charge in [0.1, 0.15) is 5.75 Å². The first-order chi connectivity index (χ1) is 8.40. The van der Waals surface area contributed by atoms with Crippen LogP contribution in [0.3, 0.4) is 0 Å². The van der Waals surface area contributed by atoms with E-state index in [1.165, 1.54) is 0 Å². The fraction of sp³-hybridized carbons (Fsp3) is 0.333. The molecule has 0 bridgehead atoms. The van der Waals surface area contributed by atoms with Crippen LogP contribution in [0.1, 0.15) is 12.1 Å². The minimum absolute atomic E-state index is 0.465. The highest BCUT2D eigenvalue weighted by atomic mass is 16.5. The molecule has 90 valence electrons. The second-order valence-corrected chi connectivity index (χ2v) is 3.67. The third-order valence-corrected chi connectivity index (χ3v) is 2.43. The van der Waals surface area contributed by atoms with Crippen LogP contribution in [0, 0.1) is 0 Å². The van der Waals surface area contributed by atoms with E-state index < -0.39 is 0 Å². The highest BCUT2D eigenvalue weighted by Gasteiger charge is 2.01. The summed E-state index contributed by atoms with van der Waals surface area (Å²) < 4.78 is 7.40. The van der Waals surface area contributed by atoms with Crippen molar-refractivity contribution in [3.05, 3.63) is 42.2 Å². The van der Waals surface area contributed by atoms with E-state index in [0.717, 1.165) is 24.4 Å². The summed E-state index contributed by atoms with van der Waals surface area (Å²) in [6.45, 7) is 1.90. The Bertz CT molecular complexity index is 441. The summed E-state index contributed by atoms with van der Waals surface area (Å²) in [5.41, 5.74) is 6.51. The van der Waals surface area contributed by atoms with Gasteiger partial charge in [0.05, 0.1) is 18.5 Å². The number of aryl methyl sites for hydroxylation is 1. The number of nitrogens with two attached hydrogens (primary N) is 1. The number of para-hydroxylation sites is 1. The zero-order valence-corrected chi connectivity index (χ0v) is 9.62. The SMILES string of the molecule is NCc1cnnn1CCCOc1ccccc1. The summed E-state index contributed by atoms with van der Waals surface area (Å²) in [6.07, 6.45) is 2.57.